The number of hydrogen-bond acceptors (Lipinski definition) is 4. The van der Waals surface area contributed by atoms with Gasteiger partial charge >= 0.3 is 5.69 Å². The van der Waals surface area contributed by atoms with Crippen molar-refractivity contribution in [3.8, 4) is 11.4 Å². The summed E-state index contributed by atoms with van der Waals surface area (Å²) in [6.45, 7) is 2.31. The van der Waals surface area contributed by atoms with Gasteiger partial charge in [0.1, 0.15) is 12.4 Å². The normalized spacial score (nSPS) is 13.8. The van der Waals surface area contributed by atoms with E-state index in [1.807, 2.05) is 37.3 Å². The highest BCUT2D eigenvalue weighted by Crippen LogP contribution is 2.43. The molecule has 2 aromatic carbocycles. The molecule has 0 spiro atoms. The van der Waals surface area contributed by atoms with Crippen molar-refractivity contribution < 1.29 is 4.74 Å². The minimum Gasteiger partial charge on any atom is -0.487 e. The first-order valence-electron chi connectivity index (χ1n) is 8.54. The molecule has 3 aromatic rings. The number of aromatic nitrogens is 4. The van der Waals surface area contributed by atoms with E-state index in [1.165, 1.54) is 14.9 Å². The van der Waals surface area contributed by atoms with E-state index >= 15 is 0 Å². The highest BCUT2D eigenvalue weighted by molar-refractivity contribution is 6.32. The quantitative estimate of drug-likeness (QED) is 0.690. The lowest BCUT2D eigenvalue weighted by Crippen LogP contribution is -2.23. The third kappa shape index (κ3) is 3.12. The third-order valence-corrected chi connectivity index (χ3v) is 4.93. The number of benzene rings is 2. The van der Waals surface area contributed by atoms with Crippen molar-refractivity contribution in [3.05, 3.63) is 68.6 Å². The number of tetrazole rings is 1. The zero-order valence-electron chi connectivity index (χ0n) is 14.6. The Bertz CT molecular complexity index is 1020. The topological polar surface area (TPSA) is 61.9 Å². The summed E-state index contributed by atoms with van der Waals surface area (Å²) in [6, 6.07) is 11.6. The Balaban J connectivity index is 1.75. The van der Waals surface area contributed by atoms with Crippen LogP contribution in [0.5, 0.6) is 5.75 Å². The molecule has 0 N–H and O–H groups in total. The Labute approximate surface area is 156 Å². The average Bonchev–Trinajstić information content (AvgIpc) is 3.42. The molecular weight excluding hydrogens is 352 g/mol. The lowest BCUT2D eigenvalue weighted by atomic mass is 10.0. The summed E-state index contributed by atoms with van der Waals surface area (Å²) in [5, 5.41) is 8.38. The Kier molecular flexibility index (Phi) is 4.28. The molecule has 1 fully saturated rings. The maximum atomic E-state index is 12.3. The fraction of sp³-hybridized carbons (Fsp3) is 0.316. The largest absolute Gasteiger partial charge is 0.487 e. The predicted molar refractivity (Wildman–Crippen MR) is 99.1 cm³/mol. The highest BCUT2D eigenvalue weighted by atomic mass is 35.5. The molecule has 6 nitrogen and oxygen atoms in total. The molecule has 1 aliphatic carbocycles. The molecule has 4 rings (SSSR count). The van der Waals surface area contributed by atoms with Crippen LogP contribution in [0.25, 0.3) is 5.69 Å². The van der Waals surface area contributed by atoms with Crippen LogP contribution >= 0.6 is 11.6 Å². The van der Waals surface area contributed by atoms with E-state index in [1.54, 1.807) is 7.05 Å². The lowest BCUT2D eigenvalue weighted by molar-refractivity contribution is 0.304. The van der Waals surface area contributed by atoms with Gasteiger partial charge in [-0.15, -0.1) is 0 Å². The Morgan fingerprint density at radius 2 is 2.04 bits per heavy atom. The summed E-state index contributed by atoms with van der Waals surface area (Å²) in [7, 11) is 1.58. The van der Waals surface area contributed by atoms with Gasteiger partial charge in [0.25, 0.3) is 0 Å². The molecule has 0 radical (unpaired) electrons. The van der Waals surface area contributed by atoms with Crippen LogP contribution in [0.1, 0.15) is 35.4 Å². The van der Waals surface area contributed by atoms with Gasteiger partial charge in [-0.25, -0.2) is 4.79 Å². The summed E-state index contributed by atoms with van der Waals surface area (Å²) in [4.78, 5) is 12.3. The van der Waals surface area contributed by atoms with Gasteiger partial charge in [-0.3, -0.25) is 0 Å². The van der Waals surface area contributed by atoms with Crippen molar-refractivity contribution in [2.75, 3.05) is 0 Å². The molecule has 7 heteroatoms. The molecule has 0 amide bonds. The SMILES string of the molecule is Cc1ccc(Cl)c(OCc2c(C3CC3)cccc2-n2nnn(C)c2=O)c1. The maximum absolute atomic E-state index is 12.3. The summed E-state index contributed by atoms with van der Waals surface area (Å²) in [6.07, 6.45) is 2.30. The number of rotatable bonds is 5. The Morgan fingerprint density at radius 3 is 2.73 bits per heavy atom. The summed E-state index contributed by atoms with van der Waals surface area (Å²) >= 11 is 6.26. The number of nitrogens with zero attached hydrogens (tertiary/aromatic N) is 4. The first-order valence-corrected chi connectivity index (χ1v) is 8.92. The molecule has 1 aromatic heterocycles. The molecule has 0 bridgehead atoms. The van der Waals surface area contributed by atoms with Crippen LogP contribution < -0.4 is 10.4 Å². The van der Waals surface area contributed by atoms with Gasteiger partial charge in [-0.05, 0) is 65.4 Å². The van der Waals surface area contributed by atoms with Crippen LogP contribution in [0.15, 0.2) is 41.2 Å². The van der Waals surface area contributed by atoms with Crippen LogP contribution in [0.2, 0.25) is 5.02 Å². The van der Waals surface area contributed by atoms with Crippen LogP contribution in [0.3, 0.4) is 0 Å². The summed E-state index contributed by atoms with van der Waals surface area (Å²) in [5.74, 6) is 1.14. The molecule has 1 saturated carbocycles. The fourth-order valence-electron chi connectivity index (χ4n) is 3.06. The minimum absolute atomic E-state index is 0.284. The van der Waals surface area contributed by atoms with Crippen molar-refractivity contribution in [1.82, 2.24) is 19.8 Å². The van der Waals surface area contributed by atoms with Gasteiger partial charge in [0, 0.05) is 12.6 Å². The van der Waals surface area contributed by atoms with E-state index < -0.39 is 0 Å². The van der Waals surface area contributed by atoms with Gasteiger partial charge in [-0.2, -0.15) is 9.36 Å². The van der Waals surface area contributed by atoms with E-state index in [4.69, 9.17) is 16.3 Å². The standard InChI is InChI=1S/C19H19ClN4O2/c1-12-6-9-16(20)18(10-12)26-11-15-14(13-7-8-13)4-3-5-17(15)24-19(25)23(2)21-22-24/h3-6,9-10,13H,7-8,11H2,1-2H3. The molecule has 0 unspecified atom stereocenters. The second-order valence-electron chi connectivity index (χ2n) is 6.64. The van der Waals surface area contributed by atoms with Gasteiger partial charge in [0.05, 0.1) is 10.7 Å². The van der Waals surface area contributed by atoms with Crippen molar-refractivity contribution in [3.63, 3.8) is 0 Å². The van der Waals surface area contributed by atoms with Crippen LogP contribution in [0, 0.1) is 6.92 Å². The fourth-order valence-corrected chi connectivity index (χ4v) is 3.23. The highest BCUT2D eigenvalue weighted by Gasteiger charge is 2.28. The molecule has 0 aliphatic heterocycles. The van der Waals surface area contributed by atoms with Gasteiger partial charge < -0.3 is 4.74 Å². The monoisotopic (exact) mass is 370 g/mol. The Morgan fingerprint density at radius 1 is 1.23 bits per heavy atom. The average molecular weight is 371 g/mol. The van der Waals surface area contributed by atoms with Gasteiger partial charge in [0.2, 0.25) is 0 Å². The smallest absolute Gasteiger partial charge is 0.368 e. The Hall–Kier alpha value is -2.60. The first-order chi connectivity index (χ1) is 12.5. The summed E-state index contributed by atoms with van der Waals surface area (Å²) < 4.78 is 8.56. The molecule has 1 aliphatic rings. The lowest BCUT2D eigenvalue weighted by Gasteiger charge is -2.15. The minimum atomic E-state index is -0.284. The zero-order chi connectivity index (χ0) is 18.3. The molecule has 0 saturated heterocycles. The van der Waals surface area contributed by atoms with Crippen LogP contribution in [-0.2, 0) is 13.7 Å². The van der Waals surface area contributed by atoms with Crippen molar-refractivity contribution in [1.29, 1.82) is 0 Å². The van der Waals surface area contributed by atoms with E-state index in [2.05, 4.69) is 16.5 Å². The van der Waals surface area contributed by atoms with E-state index in [0.717, 1.165) is 24.0 Å². The van der Waals surface area contributed by atoms with E-state index in [9.17, 15) is 4.79 Å². The van der Waals surface area contributed by atoms with Gasteiger partial charge in [-0.1, -0.05) is 29.8 Å². The predicted octanol–water partition coefficient (Wildman–Crippen LogP) is 3.38. The molecule has 26 heavy (non-hydrogen) atoms. The number of ether oxygens (including phenoxy) is 1. The number of aryl methyl sites for hydroxylation is 2. The van der Waals surface area contributed by atoms with Crippen LogP contribution in [0.4, 0.5) is 0 Å². The first kappa shape index (κ1) is 16.8. The van der Waals surface area contributed by atoms with Crippen molar-refractivity contribution >= 4 is 11.6 Å². The zero-order valence-corrected chi connectivity index (χ0v) is 15.4. The number of halogens is 1. The second-order valence-corrected chi connectivity index (χ2v) is 7.05. The van der Waals surface area contributed by atoms with Crippen molar-refractivity contribution in [2.24, 2.45) is 7.05 Å². The second kappa shape index (κ2) is 6.61. The summed E-state index contributed by atoms with van der Waals surface area (Å²) in [5.41, 5.74) is 3.65. The number of hydrogen-bond donors (Lipinski definition) is 0. The molecular formula is C19H19ClN4O2. The molecule has 0 atom stereocenters. The van der Waals surface area contributed by atoms with Crippen molar-refractivity contribution in [2.45, 2.75) is 32.3 Å². The maximum Gasteiger partial charge on any atom is 0.368 e. The molecule has 134 valence electrons. The van der Waals surface area contributed by atoms with E-state index in [-0.39, 0.29) is 5.69 Å². The third-order valence-electron chi connectivity index (χ3n) is 4.61. The van der Waals surface area contributed by atoms with Crippen LogP contribution in [-0.4, -0.2) is 19.8 Å². The van der Waals surface area contributed by atoms with Gasteiger partial charge in [0.15, 0.2) is 0 Å². The molecule has 1 heterocycles. The van der Waals surface area contributed by atoms with E-state index in [0.29, 0.717) is 29.0 Å².